The van der Waals surface area contributed by atoms with Crippen molar-refractivity contribution in [3.8, 4) is 0 Å². The zero-order valence-corrected chi connectivity index (χ0v) is 23.2. The van der Waals surface area contributed by atoms with Gasteiger partial charge in [-0.25, -0.2) is 35.1 Å². The number of aliphatic hydroxyl groups is 1. The predicted molar refractivity (Wildman–Crippen MR) is 138 cm³/mol. The summed E-state index contributed by atoms with van der Waals surface area (Å²) in [7, 11) is 0. The van der Waals surface area contributed by atoms with Gasteiger partial charge < -0.3 is 27.0 Å². The first-order valence-corrected chi connectivity index (χ1v) is 13.3. The fraction of sp³-hybridized carbons (Fsp3) is 1.00. The second kappa shape index (κ2) is 19.1. The highest BCUT2D eigenvalue weighted by atomic mass is 79.9. The summed E-state index contributed by atoms with van der Waals surface area (Å²) in [5.74, 6) is -1.51. The monoisotopic (exact) mass is 653 g/mol. The number of halogens is 9. The highest BCUT2D eigenvalue weighted by Crippen LogP contribution is 2.44. The number of aliphatic hydroxyl groups excluding tert-OH is 1. The summed E-state index contributed by atoms with van der Waals surface area (Å²) in [6.07, 6.45) is -11.6. The molecular formula is C24H43BBrF8O5. The topological polar surface area (TPSA) is 146 Å². The Balaban J connectivity index is -0.000000589. The van der Waals surface area contributed by atoms with Gasteiger partial charge in [-0.3, -0.25) is 0 Å². The Morgan fingerprint density at radius 2 is 0.795 bits per heavy atom. The second-order valence-corrected chi connectivity index (χ2v) is 11.9. The molecule has 0 amide bonds. The van der Waals surface area contributed by atoms with Crippen molar-refractivity contribution < 1.29 is 62.1 Å². The minimum Gasteiger partial charge on any atom is -0.412 e. The Hall–Kier alpha value is -0.215. The van der Waals surface area contributed by atoms with Gasteiger partial charge >= 0.3 is 0 Å². The van der Waals surface area contributed by atoms with E-state index in [1.807, 2.05) is 0 Å². The Labute approximate surface area is 234 Å². The standard InChI is InChI=1S/C12H17BrF4.C12H18F4O.B.4H2O/c13-7-1-2-8(9(14)5-7)6-3-10(15)12(17)11(16)4-6;13-9-5-7(17)1-2-8(9)6-3-10(14)12(16)11(15)4-6;;;;;/h6-12H,1-5H2;6-12,17H,1-5H2;;4*1H2. The lowest BCUT2D eigenvalue weighted by molar-refractivity contribution is -0.0341. The van der Waals surface area contributed by atoms with Gasteiger partial charge in [-0.15, -0.1) is 0 Å². The van der Waals surface area contributed by atoms with E-state index in [0.29, 0.717) is 25.7 Å². The Kier molecular flexibility index (Phi) is 21.1. The van der Waals surface area contributed by atoms with Gasteiger partial charge in [0.1, 0.15) is 37.0 Å². The average Bonchev–Trinajstić information content (AvgIpc) is 2.75. The van der Waals surface area contributed by atoms with Crippen LogP contribution in [0.2, 0.25) is 0 Å². The van der Waals surface area contributed by atoms with Gasteiger partial charge in [0.05, 0.1) is 6.10 Å². The fourth-order valence-corrected chi connectivity index (χ4v) is 6.91. The third-order valence-electron chi connectivity index (χ3n) is 8.26. The zero-order chi connectivity index (χ0) is 25.2. The molecule has 4 saturated carbocycles. The third kappa shape index (κ3) is 11.2. The van der Waals surface area contributed by atoms with Crippen LogP contribution < -0.4 is 0 Å². The molecule has 0 aromatic heterocycles. The molecule has 0 aromatic rings. The van der Waals surface area contributed by atoms with Crippen LogP contribution in [0.4, 0.5) is 35.1 Å². The maximum atomic E-state index is 13.9. The Morgan fingerprint density at radius 3 is 1.13 bits per heavy atom. The summed E-state index contributed by atoms with van der Waals surface area (Å²) in [6, 6.07) is 0. The summed E-state index contributed by atoms with van der Waals surface area (Å²) < 4.78 is 107. The number of hydrogen-bond donors (Lipinski definition) is 1. The van der Waals surface area contributed by atoms with Crippen LogP contribution in [0.3, 0.4) is 0 Å². The number of rotatable bonds is 2. The van der Waals surface area contributed by atoms with Crippen LogP contribution in [0.5, 0.6) is 0 Å². The van der Waals surface area contributed by atoms with Gasteiger partial charge in [0.15, 0.2) is 12.3 Å². The highest BCUT2D eigenvalue weighted by Gasteiger charge is 2.46. The van der Waals surface area contributed by atoms with E-state index < -0.39 is 67.3 Å². The van der Waals surface area contributed by atoms with E-state index in [1.54, 1.807) is 0 Å². The van der Waals surface area contributed by atoms with Gasteiger partial charge in [0.2, 0.25) is 0 Å². The van der Waals surface area contributed by atoms with E-state index in [4.69, 9.17) is 0 Å². The van der Waals surface area contributed by atoms with E-state index in [1.165, 1.54) is 0 Å². The first-order chi connectivity index (χ1) is 16.0. The first kappa shape index (κ1) is 43.2. The molecule has 9 N–H and O–H groups in total. The number of alkyl halides is 9. The zero-order valence-electron chi connectivity index (χ0n) is 21.6. The van der Waals surface area contributed by atoms with Gasteiger partial charge in [-0.05, 0) is 81.5 Å². The molecule has 39 heavy (non-hydrogen) atoms. The maximum Gasteiger partial charge on any atom is 0.162 e. The summed E-state index contributed by atoms with van der Waals surface area (Å²) in [4.78, 5) is 0.161. The van der Waals surface area contributed by atoms with Crippen LogP contribution in [-0.2, 0) is 0 Å². The van der Waals surface area contributed by atoms with Crippen molar-refractivity contribution in [2.75, 3.05) is 0 Å². The molecule has 0 aromatic carbocycles. The van der Waals surface area contributed by atoms with E-state index in [0.717, 1.165) is 6.42 Å². The normalized spacial score (nSPS) is 45.7. The molecule has 0 aliphatic heterocycles. The molecule has 10 atom stereocenters. The minimum atomic E-state index is -2.06. The van der Waals surface area contributed by atoms with Crippen molar-refractivity contribution in [2.45, 2.75) is 125 Å². The van der Waals surface area contributed by atoms with E-state index in [2.05, 4.69) is 15.9 Å². The number of hydrogen-bond acceptors (Lipinski definition) is 1. The van der Waals surface area contributed by atoms with E-state index >= 15 is 0 Å². The summed E-state index contributed by atoms with van der Waals surface area (Å²) in [5, 5.41) is 9.29. The van der Waals surface area contributed by atoms with Gasteiger partial charge in [-0.1, -0.05) is 15.9 Å². The molecule has 15 heteroatoms. The Bertz CT molecular complexity index is 577. The molecule has 0 saturated heterocycles. The Morgan fingerprint density at radius 1 is 0.462 bits per heavy atom. The van der Waals surface area contributed by atoms with Gasteiger partial charge in [-0.2, -0.15) is 0 Å². The van der Waals surface area contributed by atoms with Crippen LogP contribution in [-0.4, -0.2) is 95.7 Å². The molecular weight excluding hydrogens is 611 g/mol. The molecule has 0 bridgehead atoms. The largest absolute Gasteiger partial charge is 0.412 e. The molecule has 235 valence electrons. The van der Waals surface area contributed by atoms with Crippen LogP contribution in [0, 0.1) is 23.7 Å². The summed E-state index contributed by atoms with van der Waals surface area (Å²) in [6.45, 7) is 0. The molecule has 3 radical (unpaired) electrons. The SMILES string of the molecule is FC1CC(C2CCC(Br)CC2F)CC(F)C1F.O.O.O.O.OC1CCC(C2CC(F)C(F)C(F)C2)C(F)C1.[B]. The molecule has 5 nitrogen and oxygen atoms in total. The van der Waals surface area contributed by atoms with Crippen molar-refractivity contribution in [1.82, 2.24) is 0 Å². The first-order valence-electron chi connectivity index (χ1n) is 12.4. The lowest BCUT2D eigenvalue weighted by Gasteiger charge is -2.39. The summed E-state index contributed by atoms with van der Waals surface area (Å²) in [5.41, 5.74) is 0. The molecule has 4 aliphatic rings. The van der Waals surface area contributed by atoms with E-state index in [9.17, 15) is 40.2 Å². The smallest absolute Gasteiger partial charge is 0.162 e. The highest BCUT2D eigenvalue weighted by molar-refractivity contribution is 9.09. The molecule has 0 spiro atoms. The maximum absolute atomic E-state index is 13.9. The molecule has 10 unspecified atom stereocenters. The van der Waals surface area contributed by atoms with Crippen molar-refractivity contribution in [3.63, 3.8) is 0 Å². The van der Waals surface area contributed by atoms with Crippen molar-refractivity contribution in [3.05, 3.63) is 0 Å². The average molecular weight is 654 g/mol. The molecule has 4 fully saturated rings. The van der Waals surface area contributed by atoms with Crippen LogP contribution in [0.25, 0.3) is 0 Å². The van der Waals surface area contributed by atoms with Crippen LogP contribution in [0.15, 0.2) is 0 Å². The van der Waals surface area contributed by atoms with Gasteiger partial charge in [0.25, 0.3) is 0 Å². The lowest BCUT2D eigenvalue weighted by Crippen LogP contribution is -2.43. The second-order valence-electron chi connectivity index (χ2n) is 10.7. The van der Waals surface area contributed by atoms with Crippen molar-refractivity contribution in [2.24, 2.45) is 23.7 Å². The van der Waals surface area contributed by atoms with Crippen LogP contribution in [0.1, 0.15) is 64.2 Å². The fourth-order valence-electron chi connectivity index (χ4n) is 6.29. The third-order valence-corrected chi connectivity index (χ3v) is 9.09. The molecule has 4 rings (SSSR count). The van der Waals surface area contributed by atoms with Gasteiger partial charge in [0, 0.05) is 19.7 Å². The molecule has 4 aliphatic carbocycles. The van der Waals surface area contributed by atoms with E-state index in [-0.39, 0.29) is 79.1 Å². The quantitative estimate of drug-likeness (QED) is 0.271. The van der Waals surface area contributed by atoms with Crippen molar-refractivity contribution >= 4 is 24.3 Å². The summed E-state index contributed by atoms with van der Waals surface area (Å²) >= 11 is 3.37. The molecule has 0 heterocycles. The predicted octanol–water partition coefficient (Wildman–Crippen LogP) is 3.54. The lowest BCUT2D eigenvalue weighted by atomic mass is 9.70. The minimum absolute atomic E-state index is 0. The van der Waals surface area contributed by atoms with Crippen molar-refractivity contribution in [1.29, 1.82) is 0 Å². The van der Waals surface area contributed by atoms with Crippen LogP contribution >= 0.6 is 15.9 Å².